The Morgan fingerprint density at radius 2 is 1.97 bits per heavy atom. The molecular weight excluding hydrogens is 396 g/mol. The molecule has 31 heavy (non-hydrogen) atoms. The van der Waals surface area contributed by atoms with Gasteiger partial charge >= 0.3 is 0 Å². The molecule has 9 heteroatoms. The summed E-state index contributed by atoms with van der Waals surface area (Å²) >= 11 is 0. The minimum absolute atomic E-state index is 0.0417. The van der Waals surface area contributed by atoms with Gasteiger partial charge in [-0.3, -0.25) is 19.1 Å². The second kappa shape index (κ2) is 7.62. The number of aryl methyl sites for hydroxylation is 1. The van der Waals surface area contributed by atoms with Crippen LogP contribution in [-0.4, -0.2) is 54.5 Å². The van der Waals surface area contributed by atoms with Gasteiger partial charge in [-0.15, -0.1) is 0 Å². The van der Waals surface area contributed by atoms with E-state index in [1.807, 2.05) is 18.0 Å². The summed E-state index contributed by atoms with van der Waals surface area (Å²) in [5.74, 6) is 0.936. The van der Waals surface area contributed by atoms with Gasteiger partial charge in [-0.1, -0.05) is 0 Å². The number of amides is 2. The number of carbonyl (C=O) groups excluding carboxylic acids is 2. The fourth-order valence-corrected chi connectivity index (χ4v) is 4.75. The summed E-state index contributed by atoms with van der Waals surface area (Å²) in [4.78, 5) is 49.2. The highest BCUT2D eigenvalue weighted by molar-refractivity contribution is 5.93. The number of likely N-dealkylation sites (tertiary alicyclic amines) is 1. The van der Waals surface area contributed by atoms with Gasteiger partial charge in [-0.2, -0.15) is 5.10 Å². The smallest absolute Gasteiger partial charge is 0.272 e. The fraction of sp³-hybridized carbons (Fsp3) is 0.591. The lowest BCUT2D eigenvalue weighted by Crippen LogP contribution is -2.42. The van der Waals surface area contributed by atoms with Gasteiger partial charge in [0.2, 0.25) is 5.91 Å². The van der Waals surface area contributed by atoms with E-state index in [0.29, 0.717) is 49.1 Å². The van der Waals surface area contributed by atoms with Gasteiger partial charge in [0.1, 0.15) is 11.5 Å². The first-order valence-corrected chi connectivity index (χ1v) is 11.1. The highest BCUT2D eigenvalue weighted by Crippen LogP contribution is 2.39. The standard InChI is InChI=1S/C22H28N6O3/c1-13(29)27-10-8-16-15(12-27)21(30)24-20(23-16)18-5-3-4-9-28(18)22(31)19-11-17(14-6-7-14)25-26(19)2/h11,14,18H,3-10,12H2,1-2H3,(H,23,24,30)/t18-/m1/s1. The van der Waals surface area contributed by atoms with Crippen molar-refractivity contribution in [3.05, 3.63) is 44.9 Å². The molecule has 2 fully saturated rings. The van der Waals surface area contributed by atoms with Crippen LogP contribution in [0.4, 0.5) is 0 Å². The molecular formula is C22H28N6O3. The van der Waals surface area contributed by atoms with Gasteiger partial charge in [0, 0.05) is 39.4 Å². The van der Waals surface area contributed by atoms with Crippen LogP contribution in [0.1, 0.15) is 84.3 Å². The molecule has 2 aromatic rings. The monoisotopic (exact) mass is 424 g/mol. The zero-order valence-corrected chi connectivity index (χ0v) is 18.1. The number of hydrogen-bond donors (Lipinski definition) is 1. The van der Waals surface area contributed by atoms with Crippen molar-refractivity contribution in [2.45, 2.75) is 64.0 Å². The summed E-state index contributed by atoms with van der Waals surface area (Å²) in [6.45, 7) is 3.00. The van der Waals surface area contributed by atoms with E-state index in [4.69, 9.17) is 4.98 Å². The molecule has 0 radical (unpaired) electrons. The van der Waals surface area contributed by atoms with Gasteiger partial charge in [-0.05, 0) is 38.2 Å². The van der Waals surface area contributed by atoms with Gasteiger partial charge in [0.05, 0.1) is 29.5 Å². The highest BCUT2D eigenvalue weighted by Gasteiger charge is 2.35. The summed E-state index contributed by atoms with van der Waals surface area (Å²) < 4.78 is 1.68. The Morgan fingerprint density at radius 3 is 2.71 bits per heavy atom. The Morgan fingerprint density at radius 1 is 1.16 bits per heavy atom. The molecule has 1 saturated carbocycles. The molecule has 1 N–H and O–H groups in total. The largest absolute Gasteiger partial charge is 0.338 e. The first-order valence-electron chi connectivity index (χ1n) is 11.1. The number of piperidine rings is 1. The SMILES string of the molecule is CC(=O)N1CCc2nc([C@H]3CCCCN3C(=O)c3cc(C4CC4)nn3C)[nH]c(=O)c2C1. The summed E-state index contributed by atoms with van der Waals surface area (Å²) in [5, 5.41) is 4.54. The van der Waals surface area contributed by atoms with Gasteiger partial charge in [0.15, 0.2) is 0 Å². The third-order valence-electron chi connectivity index (χ3n) is 6.73. The number of carbonyl (C=O) groups is 2. The van der Waals surface area contributed by atoms with Crippen LogP contribution in [0.5, 0.6) is 0 Å². The second-order valence-electron chi connectivity index (χ2n) is 8.93. The fourth-order valence-electron chi connectivity index (χ4n) is 4.75. The molecule has 0 bridgehead atoms. The summed E-state index contributed by atoms with van der Waals surface area (Å²) in [5.41, 5.74) is 2.67. The zero-order chi connectivity index (χ0) is 21.7. The van der Waals surface area contributed by atoms with Gasteiger partial charge in [0.25, 0.3) is 11.5 Å². The lowest BCUT2D eigenvalue weighted by atomic mass is 9.99. The van der Waals surface area contributed by atoms with Crippen molar-refractivity contribution in [1.82, 2.24) is 29.5 Å². The average molecular weight is 425 g/mol. The zero-order valence-electron chi connectivity index (χ0n) is 18.1. The Labute approximate surface area is 180 Å². The first-order chi connectivity index (χ1) is 14.9. The van der Waals surface area contributed by atoms with Crippen molar-refractivity contribution in [2.24, 2.45) is 7.05 Å². The van der Waals surface area contributed by atoms with Crippen molar-refractivity contribution in [2.75, 3.05) is 13.1 Å². The maximum Gasteiger partial charge on any atom is 0.272 e. The van der Waals surface area contributed by atoms with Crippen LogP contribution in [0.25, 0.3) is 0 Å². The molecule has 4 heterocycles. The van der Waals surface area contributed by atoms with E-state index in [1.165, 1.54) is 6.92 Å². The molecule has 1 saturated heterocycles. The molecule has 2 aliphatic heterocycles. The molecule has 2 amide bonds. The summed E-state index contributed by atoms with van der Waals surface area (Å²) in [6.07, 6.45) is 5.50. The van der Waals surface area contributed by atoms with Crippen molar-refractivity contribution in [1.29, 1.82) is 0 Å². The molecule has 1 aliphatic carbocycles. The van der Waals surface area contributed by atoms with Crippen molar-refractivity contribution >= 4 is 11.8 Å². The minimum Gasteiger partial charge on any atom is -0.338 e. The quantitative estimate of drug-likeness (QED) is 0.807. The average Bonchev–Trinajstić information content (AvgIpc) is 3.54. The van der Waals surface area contributed by atoms with Crippen LogP contribution in [0.3, 0.4) is 0 Å². The van der Waals surface area contributed by atoms with Crippen LogP contribution in [0.15, 0.2) is 10.9 Å². The third kappa shape index (κ3) is 3.66. The number of H-pyrrole nitrogens is 1. The molecule has 0 unspecified atom stereocenters. The number of nitrogens with zero attached hydrogens (tertiary/aromatic N) is 5. The van der Waals surface area contributed by atoms with Crippen LogP contribution in [-0.2, 0) is 24.8 Å². The molecule has 1 atom stereocenters. The molecule has 0 aromatic carbocycles. The Hall–Kier alpha value is -2.97. The highest BCUT2D eigenvalue weighted by atomic mass is 16.2. The lowest BCUT2D eigenvalue weighted by Gasteiger charge is -2.35. The molecule has 0 spiro atoms. The van der Waals surface area contributed by atoms with E-state index < -0.39 is 0 Å². The van der Waals surface area contributed by atoms with Crippen molar-refractivity contribution in [3.63, 3.8) is 0 Å². The predicted molar refractivity (Wildman–Crippen MR) is 112 cm³/mol. The van der Waals surface area contributed by atoms with E-state index in [-0.39, 0.29) is 23.4 Å². The predicted octanol–water partition coefficient (Wildman–Crippen LogP) is 1.65. The van der Waals surface area contributed by atoms with E-state index in [9.17, 15) is 14.4 Å². The number of aromatic amines is 1. The number of aromatic nitrogens is 4. The van der Waals surface area contributed by atoms with Crippen LogP contribution in [0, 0.1) is 0 Å². The molecule has 164 valence electrons. The number of nitrogens with one attached hydrogen (secondary N) is 1. The summed E-state index contributed by atoms with van der Waals surface area (Å²) in [7, 11) is 1.82. The lowest BCUT2D eigenvalue weighted by molar-refractivity contribution is -0.129. The number of hydrogen-bond acceptors (Lipinski definition) is 5. The Balaban J connectivity index is 1.45. The van der Waals surface area contributed by atoms with E-state index in [2.05, 4.69) is 10.1 Å². The minimum atomic E-state index is -0.260. The normalized spacial score (nSPS) is 21.2. The second-order valence-corrected chi connectivity index (χ2v) is 8.93. The maximum absolute atomic E-state index is 13.5. The first kappa shape index (κ1) is 20.0. The van der Waals surface area contributed by atoms with Gasteiger partial charge < -0.3 is 14.8 Å². The topological polar surface area (TPSA) is 104 Å². The number of fused-ring (bicyclic) bond motifs is 1. The van der Waals surface area contributed by atoms with Crippen LogP contribution >= 0.6 is 0 Å². The summed E-state index contributed by atoms with van der Waals surface area (Å²) in [6, 6.07) is 1.66. The molecule has 2 aromatic heterocycles. The van der Waals surface area contributed by atoms with Crippen LogP contribution in [0.2, 0.25) is 0 Å². The number of rotatable bonds is 3. The maximum atomic E-state index is 13.5. The molecule has 9 nitrogen and oxygen atoms in total. The van der Waals surface area contributed by atoms with E-state index in [1.54, 1.807) is 9.58 Å². The Bertz CT molecular complexity index is 1100. The third-order valence-corrected chi connectivity index (χ3v) is 6.73. The van der Waals surface area contributed by atoms with Gasteiger partial charge in [-0.25, -0.2) is 4.98 Å². The van der Waals surface area contributed by atoms with Crippen molar-refractivity contribution < 1.29 is 9.59 Å². The molecule has 5 rings (SSSR count). The van der Waals surface area contributed by atoms with Crippen molar-refractivity contribution in [3.8, 4) is 0 Å². The van der Waals surface area contributed by atoms with E-state index >= 15 is 0 Å². The Kier molecular flexibility index (Phi) is 4.91. The molecule has 3 aliphatic rings. The van der Waals surface area contributed by atoms with Crippen LogP contribution < -0.4 is 5.56 Å². The van der Waals surface area contributed by atoms with E-state index in [0.717, 1.165) is 43.5 Å².